The number of hydrogen-bond acceptors (Lipinski definition) is 3. The second-order valence-corrected chi connectivity index (χ2v) is 11.8. The molecule has 0 radical (unpaired) electrons. The molecule has 6 heteroatoms. The molecule has 2 heterocycles. The molecule has 3 aromatic rings. The topological polar surface area (TPSA) is 57.7 Å². The Morgan fingerprint density at radius 2 is 1.67 bits per heavy atom. The SMILES string of the molecule is Cc1ccc(C)c(CN2C(=O)c3ccccc3[S@](=O)c3ccc(C(=O)N4C[C@H](C)C[C@@H](C)C4)cc32)c1. The van der Waals surface area contributed by atoms with E-state index in [-0.39, 0.29) is 11.8 Å². The number of piperidine rings is 1. The minimum Gasteiger partial charge on any atom is -0.338 e. The van der Waals surface area contributed by atoms with Gasteiger partial charge < -0.3 is 9.80 Å². The number of hydrogen-bond donors (Lipinski definition) is 0. The standard InChI is InChI=1S/C30H32N2O3S/c1-19-9-10-22(4)24(14-19)18-32-26-15-23(29(33)31-16-20(2)13-21(3)17-31)11-12-28(26)36(35)27-8-6-5-7-25(27)30(32)34/h5-12,14-15,20-21H,13,16-18H2,1-4H3/t20-,21-,36+/m1/s1. The van der Waals surface area contributed by atoms with E-state index < -0.39 is 10.8 Å². The summed E-state index contributed by atoms with van der Waals surface area (Å²) in [7, 11) is -1.54. The molecule has 0 N–H and O–H groups in total. The highest BCUT2D eigenvalue weighted by Gasteiger charge is 2.33. The maximum Gasteiger partial charge on any atom is 0.259 e. The summed E-state index contributed by atoms with van der Waals surface area (Å²) in [6.07, 6.45) is 1.11. The molecule has 5 rings (SSSR count). The van der Waals surface area contributed by atoms with Crippen molar-refractivity contribution in [1.82, 2.24) is 4.90 Å². The van der Waals surface area contributed by atoms with E-state index in [4.69, 9.17) is 0 Å². The van der Waals surface area contributed by atoms with Crippen LogP contribution in [-0.4, -0.2) is 34.0 Å². The Balaban J connectivity index is 1.62. The van der Waals surface area contributed by atoms with Crippen LogP contribution in [0.25, 0.3) is 0 Å². The summed E-state index contributed by atoms with van der Waals surface area (Å²) in [5.74, 6) is 0.650. The number of benzene rings is 3. The molecule has 2 aliphatic heterocycles. The van der Waals surface area contributed by atoms with E-state index in [0.29, 0.717) is 45.0 Å². The molecule has 5 nitrogen and oxygen atoms in total. The minimum atomic E-state index is -1.54. The van der Waals surface area contributed by atoms with Crippen molar-refractivity contribution in [3.8, 4) is 0 Å². The van der Waals surface area contributed by atoms with Crippen LogP contribution in [-0.2, 0) is 17.3 Å². The Kier molecular flexibility index (Phi) is 6.56. The van der Waals surface area contributed by atoms with Crippen molar-refractivity contribution in [2.24, 2.45) is 11.8 Å². The number of anilines is 1. The van der Waals surface area contributed by atoms with Gasteiger partial charge in [-0.1, -0.05) is 49.7 Å². The van der Waals surface area contributed by atoms with Gasteiger partial charge in [0, 0.05) is 18.7 Å². The maximum atomic E-state index is 13.9. The minimum absolute atomic E-state index is 0.0390. The number of likely N-dealkylation sites (tertiary alicyclic amines) is 1. The molecule has 3 atom stereocenters. The van der Waals surface area contributed by atoms with Crippen molar-refractivity contribution in [2.45, 2.75) is 50.5 Å². The molecule has 0 unspecified atom stereocenters. The van der Waals surface area contributed by atoms with Crippen molar-refractivity contribution in [1.29, 1.82) is 0 Å². The van der Waals surface area contributed by atoms with Gasteiger partial charge in [0.05, 0.1) is 38.4 Å². The highest BCUT2D eigenvalue weighted by Crippen LogP contribution is 2.37. The number of carbonyl (C=O) groups is 2. The first-order valence-corrected chi connectivity index (χ1v) is 13.7. The summed E-state index contributed by atoms with van der Waals surface area (Å²) >= 11 is 0. The molecule has 3 aromatic carbocycles. The summed E-state index contributed by atoms with van der Waals surface area (Å²) in [6.45, 7) is 10.2. The summed E-state index contributed by atoms with van der Waals surface area (Å²) in [5.41, 5.74) is 4.71. The van der Waals surface area contributed by atoms with E-state index in [1.807, 2.05) is 18.7 Å². The highest BCUT2D eigenvalue weighted by molar-refractivity contribution is 7.85. The summed E-state index contributed by atoms with van der Waals surface area (Å²) in [5, 5.41) is 0. The van der Waals surface area contributed by atoms with Crippen LogP contribution in [0.5, 0.6) is 0 Å². The zero-order chi connectivity index (χ0) is 25.6. The van der Waals surface area contributed by atoms with Crippen LogP contribution in [0, 0.1) is 25.7 Å². The first kappa shape index (κ1) is 24.4. The molecule has 2 aliphatic rings. The first-order chi connectivity index (χ1) is 17.2. The van der Waals surface area contributed by atoms with Gasteiger partial charge in [-0.3, -0.25) is 9.59 Å². The second-order valence-electron chi connectivity index (χ2n) is 10.4. The predicted molar refractivity (Wildman–Crippen MR) is 143 cm³/mol. The monoisotopic (exact) mass is 500 g/mol. The Morgan fingerprint density at radius 1 is 0.944 bits per heavy atom. The van der Waals surface area contributed by atoms with Crippen LogP contribution in [0.15, 0.2) is 70.5 Å². The zero-order valence-electron chi connectivity index (χ0n) is 21.3. The van der Waals surface area contributed by atoms with Gasteiger partial charge in [-0.05, 0) is 73.6 Å². The predicted octanol–water partition coefficient (Wildman–Crippen LogP) is 5.75. The number of amides is 2. The largest absolute Gasteiger partial charge is 0.338 e. The number of rotatable bonds is 3. The third-order valence-electron chi connectivity index (χ3n) is 7.25. The van der Waals surface area contributed by atoms with Gasteiger partial charge in [-0.25, -0.2) is 4.21 Å². The lowest BCUT2D eigenvalue weighted by Crippen LogP contribution is -2.42. The smallest absolute Gasteiger partial charge is 0.259 e. The average molecular weight is 501 g/mol. The quantitative estimate of drug-likeness (QED) is 0.460. The second kappa shape index (κ2) is 9.66. The number of nitrogens with zero attached hydrogens (tertiary/aromatic N) is 2. The van der Waals surface area contributed by atoms with Gasteiger partial charge in [0.15, 0.2) is 0 Å². The van der Waals surface area contributed by atoms with Crippen LogP contribution in [0.2, 0.25) is 0 Å². The molecule has 0 aliphatic carbocycles. The van der Waals surface area contributed by atoms with Gasteiger partial charge in [0.1, 0.15) is 0 Å². The van der Waals surface area contributed by atoms with E-state index in [1.54, 1.807) is 47.4 Å². The fourth-order valence-corrected chi connectivity index (χ4v) is 6.85. The first-order valence-electron chi connectivity index (χ1n) is 12.5. The molecule has 0 saturated carbocycles. The maximum absolute atomic E-state index is 13.9. The Labute approximate surface area is 215 Å². The van der Waals surface area contributed by atoms with Crippen molar-refractivity contribution < 1.29 is 13.8 Å². The van der Waals surface area contributed by atoms with Crippen molar-refractivity contribution in [2.75, 3.05) is 18.0 Å². The van der Waals surface area contributed by atoms with E-state index in [9.17, 15) is 13.8 Å². The number of aryl methyl sites for hydroxylation is 2. The van der Waals surface area contributed by atoms with Crippen LogP contribution in [0.1, 0.15) is 57.7 Å². The molecule has 0 spiro atoms. The molecular weight excluding hydrogens is 468 g/mol. The highest BCUT2D eigenvalue weighted by atomic mass is 32.2. The lowest BCUT2D eigenvalue weighted by molar-refractivity contribution is 0.0623. The fourth-order valence-electron chi connectivity index (χ4n) is 5.51. The fraction of sp³-hybridized carbons (Fsp3) is 0.333. The Bertz CT molecular complexity index is 1370. The molecule has 186 valence electrons. The van der Waals surface area contributed by atoms with E-state index >= 15 is 0 Å². The van der Waals surface area contributed by atoms with Crippen LogP contribution in [0.3, 0.4) is 0 Å². The molecule has 0 bridgehead atoms. The third-order valence-corrected chi connectivity index (χ3v) is 8.75. The van der Waals surface area contributed by atoms with Crippen LogP contribution in [0.4, 0.5) is 5.69 Å². The van der Waals surface area contributed by atoms with Crippen molar-refractivity contribution in [3.63, 3.8) is 0 Å². The molecule has 0 aromatic heterocycles. The molecule has 1 fully saturated rings. The number of carbonyl (C=O) groups excluding carboxylic acids is 2. The molecule has 1 saturated heterocycles. The summed E-state index contributed by atoms with van der Waals surface area (Å²) in [6, 6.07) is 18.6. The zero-order valence-corrected chi connectivity index (χ0v) is 22.1. The van der Waals surface area contributed by atoms with Crippen molar-refractivity contribution in [3.05, 3.63) is 88.5 Å². The lowest BCUT2D eigenvalue weighted by atomic mass is 9.91. The van der Waals surface area contributed by atoms with Gasteiger partial charge >= 0.3 is 0 Å². The van der Waals surface area contributed by atoms with E-state index in [2.05, 4.69) is 32.0 Å². The average Bonchev–Trinajstić information content (AvgIpc) is 2.94. The van der Waals surface area contributed by atoms with E-state index in [1.165, 1.54) is 0 Å². The lowest BCUT2D eigenvalue weighted by Gasteiger charge is -2.35. The van der Waals surface area contributed by atoms with Crippen LogP contribution < -0.4 is 4.90 Å². The summed E-state index contributed by atoms with van der Waals surface area (Å²) < 4.78 is 13.7. The van der Waals surface area contributed by atoms with Crippen LogP contribution >= 0.6 is 0 Å². The molecular formula is C30H32N2O3S. The third kappa shape index (κ3) is 4.50. The van der Waals surface area contributed by atoms with Gasteiger partial charge in [0.25, 0.3) is 11.8 Å². The number of fused-ring (bicyclic) bond motifs is 2. The molecule has 36 heavy (non-hydrogen) atoms. The summed E-state index contributed by atoms with van der Waals surface area (Å²) in [4.78, 5) is 32.1. The van der Waals surface area contributed by atoms with Gasteiger partial charge in [-0.15, -0.1) is 0 Å². The van der Waals surface area contributed by atoms with Gasteiger partial charge in [-0.2, -0.15) is 0 Å². The normalized spacial score (nSPS) is 21.6. The van der Waals surface area contributed by atoms with Crippen molar-refractivity contribution >= 4 is 28.3 Å². The van der Waals surface area contributed by atoms with E-state index in [0.717, 1.165) is 36.2 Å². The van der Waals surface area contributed by atoms with Gasteiger partial charge in [0.2, 0.25) is 0 Å². The molecule has 2 amide bonds. The Morgan fingerprint density at radius 3 is 2.42 bits per heavy atom. The Hall–Kier alpha value is -3.25.